The highest BCUT2D eigenvalue weighted by Crippen LogP contribution is 2.50. The molecule has 3 N–H and O–H groups in total. The van der Waals surface area contributed by atoms with Crippen LogP contribution in [0.2, 0.25) is 5.02 Å². The van der Waals surface area contributed by atoms with Crippen molar-refractivity contribution >= 4 is 40.2 Å². The van der Waals surface area contributed by atoms with E-state index < -0.39 is 77.1 Å². The first-order valence-corrected chi connectivity index (χ1v) is 12.7. The molecule has 3 aliphatic rings. The van der Waals surface area contributed by atoms with E-state index >= 15 is 0 Å². The second-order valence-electron chi connectivity index (χ2n) is 10.3. The first kappa shape index (κ1) is 26.3. The molecule has 1 saturated carbocycles. The number of hydrogen-bond acceptors (Lipinski definition) is 4. The summed E-state index contributed by atoms with van der Waals surface area (Å²) in [5.41, 5.74) is -0.569. The van der Waals surface area contributed by atoms with Crippen molar-refractivity contribution in [2.75, 3.05) is 13.1 Å². The van der Waals surface area contributed by atoms with Crippen molar-refractivity contribution < 1.29 is 31.9 Å². The van der Waals surface area contributed by atoms with Crippen molar-refractivity contribution in [3.05, 3.63) is 34.5 Å². The first-order chi connectivity index (χ1) is 18.0. The third-order valence-electron chi connectivity index (χ3n) is 7.78. The second-order valence-corrected chi connectivity index (χ2v) is 10.7. The molecule has 0 radical (unpaired) electrons. The molecular formula is C25H24ClF4N5O3. The van der Waals surface area contributed by atoms with E-state index in [1.165, 1.54) is 0 Å². The highest BCUT2D eigenvalue weighted by Gasteiger charge is 2.58. The minimum absolute atomic E-state index is 0.0420. The molecule has 202 valence electrons. The van der Waals surface area contributed by atoms with Gasteiger partial charge in [-0.3, -0.25) is 14.4 Å². The molecule has 0 unspecified atom stereocenters. The van der Waals surface area contributed by atoms with Gasteiger partial charge in [0.2, 0.25) is 17.7 Å². The van der Waals surface area contributed by atoms with Crippen molar-refractivity contribution in [1.29, 1.82) is 5.26 Å². The molecular weight excluding hydrogens is 530 g/mol. The van der Waals surface area contributed by atoms with Gasteiger partial charge in [-0.25, -0.2) is 17.6 Å². The normalized spacial score (nSPS) is 27.1. The minimum Gasteiger partial charge on any atom is -0.356 e. The average Bonchev–Trinajstić information content (AvgIpc) is 3.53. The van der Waals surface area contributed by atoms with Gasteiger partial charge in [0.05, 0.1) is 16.6 Å². The number of nitrogens with one attached hydrogen (secondary N) is 3. The van der Waals surface area contributed by atoms with E-state index in [4.69, 9.17) is 11.6 Å². The van der Waals surface area contributed by atoms with Crippen molar-refractivity contribution in [3.63, 3.8) is 0 Å². The van der Waals surface area contributed by atoms with Crippen molar-refractivity contribution in [1.82, 2.24) is 20.5 Å². The lowest BCUT2D eigenvalue weighted by atomic mass is 9.90. The first-order valence-electron chi connectivity index (χ1n) is 12.3. The Bertz CT molecular complexity index is 1360. The SMILES string of the molecule is N#C[C@H](C[C@@H]1CCCNC1=O)NC(=O)[C@H]1[C@H]2CC(F)(F)C[C@H]2CN1C(=O)c1cc2c(F)cc(Cl)c(F)c2[nH]1. The lowest BCUT2D eigenvalue weighted by Crippen LogP contribution is -2.52. The molecule has 1 aromatic heterocycles. The van der Waals surface area contributed by atoms with Crippen LogP contribution < -0.4 is 10.6 Å². The number of nitriles is 1. The molecule has 3 heterocycles. The number of H-pyrrole nitrogens is 1. The maximum absolute atomic E-state index is 14.5. The van der Waals surface area contributed by atoms with Gasteiger partial charge in [0.15, 0.2) is 5.82 Å². The summed E-state index contributed by atoms with van der Waals surface area (Å²) in [6.07, 6.45) is 0.180. The Balaban J connectivity index is 1.41. The number of piperidine rings is 1. The summed E-state index contributed by atoms with van der Waals surface area (Å²) in [5, 5.41) is 14.2. The fourth-order valence-corrected chi connectivity index (χ4v) is 6.24. The highest BCUT2D eigenvalue weighted by molar-refractivity contribution is 6.31. The number of aromatic nitrogens is 1. The van der Waals surface area contributed by atoms with Gasteiger partial charge < -0.3 is 20.5 Å². The van der Waals surface area contributed by atoms with Crippen molar-refractivity contribution in [3.8, 4) is 6.07 Å². The number of amides is 3. The Morgan fingerprint density at radius 1 is 1.29 bits per heavy atom. The molecule has 3 amide bonds. The Morgan fingerprint density at radius 2 is 2.05 bits per heavy atom. The zero-order chi connectivity index (χ0) is 27.4. The summed E-state index contributed by atoms with van der Waals surface area (Å²) < 4.78 is 57.3. The van der Waals surface area contributed by atoms with Crippen LogP contribution in [0.1, 0.15) is 42.6 Å². The van der Waals surface area contributed by atoms with E-state index in [-0.39, 0.29) is 35.5 Å². The zero-order valence-corrected chi connectivity index (χ0v) is 20.8. The maximum Gasteiger partial charge on any atom is 0.271 e. The Kier molecular flexibility index (Phi) is 6.75. The molecule has 38 heavy (non-hydrogen) atoms. The molecule has 13 heteroatoms. The van der Waals surface area contributed by atoms with Crippen LogP contribution in [0.15, 0.2) is 12.1 Å². The quantitative estimate of drug-likeness (QED) is 0.388. The number of rotatable bonds is 5. The topological polar surface area (TPSA) is 118 Å². The fourth-order valence-electron chi connectivity index (χ4n) is 6.05. The summed E-state index contributed by atoms with van der Waals surface area (Å²) in [7, 11) is 0. The average molecular weight is 554 g/mol. The fraction of sp³-hybridized carbons (Fsp3) is 0.520. The van der Waals surface area contributed by atoms with E-state index in [2.05, 4.69) is 15.6 Å². The van der Waals surface area contributed by atoms with E-state index in [0.29, 0.717) is 13.0 Å². The van der Waals surface area contributed by atoms with Gasteiger partial charge in [-0.1, -0.05) is 11.6 Å². The molecule has 2 saturated heterocycles. The molecule has 5 atom stereocenters. The number of likely N-dealkylation sites (tertiary alicyclic amines) is 1. The van der Waals surface area contributed by atoms with Crippen LogP contribution in [0, 0.1) is 40.7 Å². The summed E-state index contributed by atoms with van der Waals surface area (Å²) in [5.74, 6) is -8.69. The van der Waals surface area contributed by atoms with Crippen molar-refractivity contribution in [2.45, 2.75) is 50.1 Å². The lowest BCUT2D eigenvalue weighted by molar-refractivity contribution is -0.129. The Hall–Kier alpha value is -3.33. The Morgan fingerprint density at radius 3 is 2.76 bits per heavy atom. The van der Waals surface area contributed by atoms with Gasteiger partial charge in [-0.2, -0.15) is 5.26 Å². The summed E-state index contributed by atoms with van der Waals surface area (Å²) in [6.45, 7) is 0.365. The van der Waals surface area contributed by atoms with Gasteiger partial charge in [0, 0.05) is 37.2 Å². The molecule has 8 nitrogen and oxygen atoms in total. The number of benzene rings is 1. The molecule has 3 fully saturated rings. The van der Waals surface area contributed by atoms with Crippen LogP contribution in [0.25, 0.3) is 10.9 Å². The predicted octanol–water partition coefficient (Wildman–Crippen LogP) is 3.51. The largest absolute Gasteiger partial charge is 0.356 e. The maximum atomic E-state index is 14.5. The number of carbonyl (C=O) groups is 3. The van der Waals surface area contributed by atoms with Crippen LogP contribution in [0.5, 0.6) is 0 Å². The molecule has 1 aromatic carbocycles. The van der Waals surface area contributed by atoms with Crippen LogP contribution in [-0.2, 0) is 9.59 Å². The molecule has 1 aliphatic carbocycles. The van der Waals surface area contributed by atoms with Crippen molar-refractivity contribution in [2.24, 2.45) is 17.8 Å². The summed E-state index contributed by atoms with van der Waals surface area (Å²) in [4.78, 5) is 42.6. The number of carbonyl (C=O) groups excluding carboxylic acids is 3. The minimum atomic E-state index is -3.01. The zero-order valence-electron chi connectivity index (χ0n) is 20.0. The molecule has 0 bridgehead atoms. The third-order valence-corrected chi connectivity index (χ3v) is 8.06. The van der Waals surface area contributed by atoms with Gasteiger partial charge in [0.25, 0.3) is 5.91 Å². The van der Waals surface area contributed by atoms with Gasteiger partial charge in [-0.05, 0) is 43.2 Å². The number of alkyl halides is 2. The summed E-state index contributed by atoms with van der Waals surface area (Å²) >= 11 is 5.70. The van der Waals surface area contributed by atoms with E-state index in [0.717, 1.165) is 23.5 Å². The van der Waals surface area contributed by atoms with Crippen LogP contribution >= 0.6 is 11.6 Å². The Labute approximate surface area is 219 Å². The highest BCUT2D eigenvalue weighted by atomic mass is 35.5. The number of hydrogen-bond donors (Lipinski definition) is 3. The monoisotopic (exact) mass is 553 g/mol. The number of halogens is 5. The lowest BCUT2D eigenvalue weighted by Gasteiger charge is -2.29. The predicted molar refractivity (Wildman–Crippen MR) is 127 cm³/mol. The molecule has 2 aliphatic heterocycles. The van der Waals surface area contributed by atoms with E-state index in [1.807, 2.05) is 6.07 Å². The standard InChI is InChI=1S/C25H24ClF4N5O3/c26-16-6-17(27)14-5-18(34-20(14)19(16)28)24(38)35-10-12-7-25(29,30)8-15(12)21(35)23(37)33-13(9-31)4-11-2-1-3-32-22(11)36/h5-6,11-13,15,21,34H,1-4,7-8,10H2,(H,32,36)(H,33,37)/t11-,12-,13-,15-,21+/m0/s1. The number of aromatic amines is 1. The third kappa shape index (κ3) is 4.68. The smallest absolute Gasteiger partial charge is 0.271 e. The number of fused-ring (bicyclic) bond motifs is 2. The molecule has 0 spiro atoms. The van der Waals surface area contributed by atoms with Crippen LogP contribution in [0.3, 0.4) is 0 Å². The van der Waals surface area contributed by atoms with Crippen LogP contribution in [0.4, 0.5) is 17.6 Å². The van der Waals surface area contributed by atoms with Gasteiger partial charge in [0.1, 0.15) is 23.6 Å². The summed E-state index contributed by atoms with van der Waals surface area (Å²) in [6, 6.07) is 1.40. The molecule has 5 rings (SSSR count). The second kappa shape index (κ2) is 9.76. The molecule has 2 aromatic rings. The van der Waals surface area contributed by atoms with Crippen LogP contribution in [-0.4, -0.2) is 58.7 Å². The van der Waals surface area contributed by atoms with E-state index in [1.54, 1.807) is 0 Å². The number of nitrogens with zero attached hydrogens (tertiary/aromatic N) is 2. The van der Waals surface area contributed by atoms with Gasteiger partial charge >= 0.3 is 0 Å². The van der Waals surface area contributed by atoms with E-state index in [9.17, 15) is 37.2 Å². The van der Waals surface area contributed by atoms with Gasteiger partial charge in [-0.15, -0.1) is 0 Å².